The van der Waals surface area contributed by atoms with Crippen LogP contribution >= 0.6 is 0 Å². The molecule has 0 aliphatic rings. The van der Waals surface area contributed by atoms with E-state index in [-0.39, 0.29) is 0 Å². The number of ketones is 1. The predicted molar refractivity (Wildman–Crippen MR) is 76.9 cm³/mol. The molecule has 0 spiro atoms. The number of benzene rings is 2. The third kappa shape index (κ3) is 3.05. The summed E-state index contributed by atoms with van der Waals surface area (Å²) in [6.07, 6.45) is 0. The van der Waals surface area contributed by atoms with E-state index in [0.717, 1.165) is 12.1 Å². The fraction of sp³-hybridized carbons (Fsp3) is 0.0625. The first-order valence-electron chi connectivity index (χ1n) is 6.15. The average Bonchev–Trinajstić information content (AvgIpc) is 2.54. The minimum atomic E-state index is -5.13. The molecule has 0 fully saturated rings. The number of carbonyl (C=O) groups excluding carboxylic acids is 1. The summed E-state index contributed by atoms with van der Waals surface area (Å²) in [4.78, 5) is 10.9. The van der Waals surface area contributed by atoms with Crippen molar-refractivity contribution < 1.29 is 22.0 Å². The minimum Gasteiger partial charge on any atom is -0.277 e. The molecule has 22 heavy (non-hydrogen) atoms. The van der Waals surface area contributed by atoms with Gasteiger partial charge in [-0.3, -0.25) is 4.79 Å². The molecule has 0 aromatic heterocycles. The van der Waals surface area contributed by atoms with Crippen molar-refractivity contribution in [1.82, 2.24) is 0 Å². The van der Waals surface area contributed by atoms with Crippen LogP contribution in [0.5, 0.6) is 0 Å². The van der Waals surface area contributed by atoms with Gasteiger partial charge in [0.05, 0.1) is 4.90 Å². The van der Waals surface area contributed by atoms with Gasteiger partial charge >= 0.3 is 5.25 Å². The summed E-state index contributed by atoms with van der Waals surface area (Å²) in [6.45, 7) is 0. The molecule has 0 heterocycles. The molecule has 0 saturated heterocycles. The van der Waals surface area contributed by atoms with Crippen LogP contribution in [-0.2, 0) is 14.6 Å². The van der Waals surface area contributed by atoms with Gasteiger partial charge in [-0.2, -0.15) is 8.78 Å². The van der Waals surface area contributed by atoms with Crippen LogP contribution in [0.25, 0.3) is 0 Å². The zero-order valence-corrected chi connectivity index (χ0v) is 12.0. The molecule has 2 aromatic carbocycles. The van der Waals surface area contributed by atoms with E-state index in [4.69, 9.17) is 0 Å². The van der Waals surface area contributed by atoms with Crippen molar-refractivity contribution in [2.24, 2.45) is 0 Å². The Bertz CT molecular complexity index is 833. The van der Waals surface area contributed by atoms with Crippen LogP contribution in [0.2, 0.25) is 0 Å². The third-order valence-corrected chi connectivity index (χ3v) is 4.50. The highest BCUT2D eigenvalue weighted by atomic mass is 32.2. The van der Waals surface area contributed by atoms with Crippen molar-refractivity contribution in [2.75, 3.05) is 0 Å². The molecule has 112 valence electrons. The molecule has 3 nitrogen and oxygen atoms in total. The molecule has 0 amide bonds. The number of carbonyl (C=O) groups is 1. The summed E-state index contributed by atoms with van der Waals surface area (Å²) < 4.78 is 51.6. The zero-order valence-electron chi connectivity index (χ0n) is 11.2. The lowest BCUT2D eigenvalue weighted by atomic mass is 10.2. The molecular formula is C16H10F2O3S. The predicted octanol–water partition coefficient (Wildman–Crippen LogP) is 2.67. The number of halogens is 2. The van der Waals surface area contributed by atoms with Crippen LogP contribution < -0.4 is 0 Å². The Morgan fingerprint density at radius 3 is 1.95 bits per heavy atom. The van der Waals surface area contributed by atoms with Crippen molar-refractivity contribution in [3.8, 4) is 11.8 Å². The second-order valence-corrected chi connectivity index (χ2v) is 6.27. The maximum Gasteiger partial charge on any atom is 0.418 e. The molecular weight excluding hydrogens is 310 g/mol. The zero-order chi connectivity index (χ0) is 16.2. The lowest BCUT2D eigenvalue weighted by molar-refractivity contribution is -0.127. The second kappa shape index (κ2) is 6.08. The number of rotatable bonds is 3. The van der Waals surface area contributed by atoms with Gasteiger partial charge in [-0.05, 0) is 30.2 Å². The number of sulfone groups is 1. The SMILES string of the molecule is O=C(C#Cc1ccccc1)C(F)(F)S(=O)(=O)c1ccccc1. The van der Waals surface area contributed by atoms with Crippen molar-refractivity contribution in [3.05, 3.63) is 66.2 Å². The van der Waals surface area contributed by atoms with Crippen LogP contribution in [0.3, 0.4) is 0 Å². The number of hydrogen-bond donors (Lipinski definition) is 0. The monoisotopic (exact) mass is 320 g/mol. The Morgan fingerprint density at radius 1 is 0.909 bits per heavy atom. The Labute approximate surface area is 126 Å². The Kier molecular flexibility index (Phi) is 4.38. The number of alkyl halides is 2. The van der Waals surface area contributed by atoms with Gasteiger partial charge in [-0.1, -0.05) is 42.3 Å². The first kappa shape index (κ1) is 15.9. The highest BCUT2D eigenvalue weighted by Gasteiger charge is 2.52. The molecule has 6 heteroatoms. The van der Waals surface area contributed by atoms with Gasteiger partial charge in [-0.25, -0.2) is 8.42 Å². The van der Waals surface area contributed by atoms with Crippen molar-refractivity contribution in [2.45, 2.75) is 10.2 Å². The Hall–Kier alpha value is -2.52. The van der Waals surface area contributed by atoms with Gasteiger partial charge in [0.15, 0.2) is 0 Å². The summed E-state index contributed by atoms with van der Waals surface area (Å²) in [6, 6.07) is 14.0. The molecule has 0 aliphatic carbocycles. The number of hydrogen-bond acceptors (Lipinski definition) is 3. The highest BCUT2D eigenvalue weighted by molar-refractivity contribution is 7.93. The smallest absolute Gasteiger partial charge is 0.277 e. The first-order chi connectivity index (χ1) is 10.4. The molecule has 2 aromatic rings. The van der Waals surface area contributed by atoms with E-state index in [1.807, 2.05) is 0 Å². The average molecular weight is 320 g/mol. The lowest BCUT2D eigenvalue weighted by Crippen LogP contribution is -2.37. The summed E-state index contributed by atoms with van der Waals surface area (Å²) in [5, 5.41) is -4.60. The largest absolute Gasteiger partial charge is 0.418 e. The van der Waals surface area contributed by atoms with E-state index in [0.29, 0.717) is 5.56 Å². The highest BCUT2D eigenvalue weighted by Crippen LogP contribution is 2.29. The third-order valence-electron chi connectivity index (χ3n) is 2.75. The maximum atomic E-state index is 13.9. The topological polar surface area (TPSA) is 51.2 Å². The fourth-order valence-electron chi connectivity index (χ4n) is 1.59. The summed E-state index contributed by atoms with van der Waals surface area (Å²) in [5.74, 6) is 1.97. The summed E-state index contributed by atoms with van der Waals surface area (Å²) in [5.41, 5.74) is 0.337. The second-order valence-electron chi connectivity index (χ2n) is 4.28. The normalized spacial score (nSPS) is 11.4. The van der Waals surface area contributed by atoms with Gasteiger partial charge in [0.2, 0.25) is 0 Å². The van der Waals surface area contributed by atoms with Crippen LogP contribution in [0.15, 0.2) is 65.6 Å². The molecule has 0 radical (unpaired) electrons. The van der Waals surface area contributed by atoms with E-state index >= 15 is 0 Å². The Morgan fingerprint density at radius 2 is 1.41 bits per heavy atom. The molecule has 2 rings (SSSR count). The fourth-order valence-corrected chi connectivity index (χ4v) is 2.70. The lowest BCUT2D eigenvalue weighted by Gasteiger charge is -2.12. The van der Waals surface area contributed by atoms with E-state index in [1.165, 1.54) is 30.3 Å². The molecule has 0 atom stereocenters. The maximum absolute atomic E-state index is 13.9. The molecule has 0 unspecified atom stereocenters. The van der Waals surface area contributed by atoms with Gasteiger partial charge in [0, 0.05) is 5.56 Å². The first-order valence-corrected chi connectivity index (χ1v) is 7.63. The molecule has 0 bridgehead atoms. The van der Waals surface area contributed by atoms with Crippen LogP contribution in [-0.4, -0.2) is 19.5 Å². The van der Waals surface area contributed by atoms with Crippen molar-refractivity contribution >= 4 is 15.6 Å². The quantitative estimate of drug-likeness (QED) is 0.817. The van der Waals surface area contributed by atoms with Crippen LogP contribution in [0.4, 0.5) is 8.78 Å². The molecule has 0 saturated carbocycles. The van der Waals surface area contributed by atoms with Crippen molar-refractivity contribution in [3.63, 3.8) is 0 Å². The van der Waals surface area contributed by atoms with Gasteiger partial charge in [0.25, 0.3) is 15.6 Å². The van der Waals surface area contributed by atoms with E-state index < -0.39 is 25.8 Å². The number of Topliss-reactive ketones (excluding diaryl/α,β-unsaturated/α-hetero) is 1. The minimum absolute atomic E-state index is 0.337. The van der Waals surface area contributed by atoms with Crippen LogP contribution in [0, 0.1) is 11.8 Å². The van der Waals surface area contributed by atoms with Crippen molar-refractivity contribution in [1.29, 1.82) is 0 Å². The summed E-state index contributed by atoms with van der Waals surface area (Å²) >= 11 is 0. The van der Waals surface area contributed by atoms with Gasteiger partial charge in [0.1, 0.15) is 0 Å². The molecule has 0 N–H and O–H groups in total. The van der Waals surface area contributed by atoms with Crippen LogP contribution in [0.1, 0.15) is 5.56 Å². The Balaban J connectivity index is 2.35. The van der Waals surface area contributed by atoms with E-state index in [9.17, 15) is 22.0 Å². The van der Waals surface area contributed by atoms with E-state index in [1.54, 1.807) is 24.1 Å². The van der Waals surface area contributed by atoms with Gasteiger partial charge in [-0.15, -0.1) is 0 Å². The molecule has 0 aliphatic heterocycles. The van der Waals surface area contributed by atoms with E-state index in [2.05, 4.69) is 5.92 Å². The summed E-state index contributed by atoms with van der Waals surface area (Å²) in [7, 11) is -5.13. The van der Waals surface area contributed by atoms with Gasteiger partial charge < -0.3 is 0 Å². The standard InChI is InChI=1S/C16H10F2O3S/c17-16(18,22(20,21)14-9-5-2-6-10-14)15(19)12-11-13-7-3-1-4-8-13/h1-10H.